The number of primary amides is 1. The summed E-state index contributed by atoms with van der Waals surface area (Å²) in [6, 6.07) is 3.74. The molecule has 0 radical (unpaired) electrons. The van der Waals surface area contributed by atoms with Crippen LogP contribution in [0.5, 0.6) is 5.75 Å². The highest BCUT2D eigenvalue weighted by molar-refractivity contribution is 5.92. The Morgan fingerprint density at radius 1 is 1.54 bits per heavy atom. The van der Waals surface area contributed by atoms with Gasteiger partial charge in [-0.2, -0.15) is 0 Å². The molecular formula is C9H6FNO2. The van der Waals surface area contributed by atoms with Crippen molar-refractivity contribution in [2.24, 2.45) is 5.73 Å². The molecule has 0 aliphatic carbocycles. The molecule has 0 spiro atoms. The predicted octanol–water partition coefficient (Wildman–Crippen LogP) is 0.368. The van der Waals surface area contributed by atoms with Crippen LogP contribution in [0.25, 0.3) is 0 Å². The molecule has 1 amide bonds. The van der Waals surface area contributed by atoms with Gasteiger partial charge in [0.15, 0.2) is 0 Å². The summed E-state index contributed by atoms with van der Waals surface area (Å²) in [5.41, 5.74) is 4.50. The molecule has 0 saturated carbocycles. The Labute approximate surface area is 74.0 Å². The van der Waals surface area contributed by atoms with Gasteiger partial charge in [0.25, 0.3) is 5.91 Å². The van der Waals surface area contributed by atoms with E-state index in [0.717, 1.165) is 6.07 Å². The van der Waals surface area contributed by atoms with E-state index in [4.69, 9.17) is 10.8 Å². The van der Waals surface area contributed by atoms with Gasteiger partial charge in [-0.25, -0.2) is 4.39 Å². The normalized spacial score (nSPS) is 8.69. The molecule has 0 aliphatic heterocycles. The van der Waals surface area contributed by atoms with Crippen LogP contribution in [-0.2, 0) is 4.79 Å². The number of carbonyl (C=O) groups excluding carboxylic acids is 1. The van der Waals surface area contributed by atoms with Crippen molar-refractivity contribution in [1.82, 2.24) is 0 Å². The standard InChI is InChI=1S/C9H6FNO2/c10-7-2-1-3-8(12)6(7)4-5-9(11)13/h1-3,12H,(H2,11,13). The van der Waals surface area contributed by atoms with Crippen molar-refractivity contribution in [3.63, 3.8) is 0 Å². The number of phenolic OH excluding ortho intramolecular Hbond substituents is 1. The molecule has 66 valence electrons. The van der Waals surface area contributed by atoms with E-state index in [0.29, 0.717) is 0 Å². The second-order valence-electron chi connectivity index (χ2n) is 2.25. The molecule has 0 heterocycles. The molecule has 3 N–H and O–H groups in total. The molecule has 3 nitrogen and oxygen atoms in total. The van der Waals surface area contributed by atoms with Gasteiger partial charge in [-0.1, -0.05) is 6.07 Å². The van der Waals surface area contributed by atoms with Gasteiger partial charge in [0, 0.05) is 5.92 Å². The molecule has 1 aromatic rings. The molecule has 1 aromatic carbocycles. The van der Waals surface area contributed by atoms with E-state index in [1.807, 2.05) is 5.92 Å². The number of benzene rings is 1. The second-order valence-corrected chi connectivity index (χ2v) is 2.25. The third-order valence-corrected chi connectivity index (χ3v) is 1.30. The molecule has 0 aliphatic rings. The highest BCUT2D eigenvalue weighted by Gasteiger charge is 2.03. The number of phenols is 1. The lowest BCUT2D eigenvalue weighted by Gasteiger charge is -1.96. The number of amides is 1. The summed E-state index contributed by atoms with van der Waals surface area (Å²) < 4.78 is 12.9. The summed E-state index contributed by atoms with van der Waals surface area (Å²) in [5.74, 6) is 2.19. The van der Waals surface area contributed by atoms with Gasteiger partial charge in [0.05, 0.1) is 0 Å². The lowest BCUT2D eigenvalue weighted by molar-refractivity contribution is -0.112. The summed E-state index contributed by atoms with van der Waals surface area (Å²) in [7, 11) is 0. The van der Waals surface area contributed by atoms with E-state index in [9.17, 15) is 9.18 Å². The lowest BCUT2D eigenvalue weighted by Crippen LogP contribution is -2.06. The highest BCUT2D eigenvalue weighted by Crippen LogP contribution is 2.17. The van der Waals surface area contributed by atoms with Crippen molar-refractivity contribution < 1.29 is 14.3 Å². The van der Waals surface area contributed by atoms with Crippen LogP contribution in [-0.4, -0.2) is 11.0 Å². The molecule has 0 saturated heterocycles. The number of hydrogen-bond acceptors (Lipinski definition) is 2. The number of halogens is 1. The first-order chi connectivity index (χ1) is 6.11. The Morgan fingerprint density at radius 3 is 2.77 bits per heavy atom. The lowest BCUT2D eigenvalue weighted by atomic mass is 10.2. The van der Waals surface area contributed by atoms with Gasteiger partial charge in [-0.15, -0.1) is 0 Å². The van der Waals surface area contributed by atoms with Crippen molar-refractivity contribution in [2.75, 3.05) is 0 Å². The fourth-order valence-electron chi connectivity index (χ4n) is 0.761. The average Bonchev–Trinajstić information content (AvgIpc) is 2.03. The largest absolute Gasteiger partial charge is 0.507 e. The maximum absolute atomic E-state index is 12.9. The van der Waals surface area contributed by atoms with Crippen LogP contribution in [0, 0.1) is 17.7 Å². The molecule has 13 heavy (non-hydrogen) atoms. The van der Waals surface area contributed by atoms with Crippen LogP contribution in [0.3, 0.4) is 0 Å². The first-order valence-corrected chi connectivity index (χ1v) is 3.40. The topological polar surface area (TPSA) is 63.3 Å². The first kappa shape index (κ1) is 9.07. The molecule has 0 bridgehead atoms. The Balaban J connectivity index is 3.16. The Bertz CT molecular complexity index is 384. The fraction of sp³-hybridized carbons (Fsp3) is 0. The zero-order chi connectivity index (χ0) is 9.84. The van der Waals surface area contributed by atoms with E-state index in [1.165, 1.54) is 12.1 Å². The van der Waals surface area contributed by atoms with Crippen LogP contribution in [0.15, 0.2) is 18.2 Å². The Hall–Kier alpha value is -2.02. The summed E-state index contributed by atoms with van der Waals surface area (Å²) in [6.07, 6.45) is 0. The maximum Gasteiger partial charge on any atom is 0.293 e. The van der Waals surface area contributed by atoms with Crippen molar-refractivity contribution >= 4 is 5.91 Å². The number of carbonyl (C=O) groups is 1. The van der Waals surface area contributed by atoms with E-state index in [1.54, 1.807) is 0 Å². The third kappa shape index (κ3) is 2.20. The number of rotatable bonds is 0. The van der Waals surface area contributed by atoms with Crippen LogP contribution in [0.4, 0.5) is 4.39 Å². The molecule has 0 aromatic heterocycles. The second kappa shape index (κ2) is 3.59. The van der Waals surface area contributed by atoms with E-state index >= 15 is 0 Å². The quantitative estimate of drug-likeness (QED) is 0.565. The number of nitrogens with two attached hydrogens (primary N) is 1. The molecule has 0 fully saturated rings. The van der Waals surface area contributed by atoms with Gasteiger partial charge in [0.2, 0.25) is 0 Å². The zero-order valence-electron chi connectivity index (χ0n) is 6.54. The van der Waals surface area contributed by atoms with Crippen LogP contribution >= 0.6 is 0 Å². The van der Waals surface area contributed by atoms with Gasteiger partial charge in [-0.3, -0.25) is 4.79 Å². The van der Waals surface area contributed by atoms with Gasteiger partial charge < -0.3 is 10.8 Å². The average molecular weight is 179 g/mol. The molecular weight excluding hydrogens is 173 g/mol. The minimum Gasteiger partial charge on any atom is -0.507 e. The molecule has 0 atom stereocenters. The van der Waals surface area contributed by atoms with Crippen LogP contribution < -0.4 is 5.73 Å². The first-order valence-electron chi connectivity index (χ1n) is 3.40. The molecule has 1 rings (SSSR count). The monoisotopic (exact) mass is 179 g/mol. The third-order valence-electron chi connectivity index (χ3n) is 1.30. The number of aromatic hydroxyl groups is 1. The maximum atomic E-state index is 12.9. The zero-order valence-corrected chi connectivity index (χ0v) is 6.54. The van der Waals surface area contributed by atoms with Gasteiger partial charge in [0.1, 0.15) is 17.1 Å². The summed E-state index contributed by atoms with van der Waals surface area (Å²) in [5, 5.41) is 9.11. The Kier molecular flexibility index (Phi) is 2.50. The minimum absolute atomic E-state index is 0.221. The van der Waals surface area contributed by atoms with E-state index in [2.05, 4.69) is 5.92 Å². The molecule has 4 heteroatoms. The molecule has 0 unspecified atom stereocenters. The minimum atomic E-state index is -0.873. The summed E-state index contributed by atoms with van der Waals surface area (Å²) in [4.78, 5) is 10.2. The van der Waals surface area contributed by atoms with Crippen molar-refractivity contribution in [3.8, 4) is 17.6 Å². The summed E-state index contributed by atoms with van der Waals surface area (Å²) >= 11 is 0. The Morgan fingerprint density at radius 2 is 2.23 bits per heavy atom. The fourth-order valence-corrected chi connectivity index (χ4v) is 0.761. The van der Waals surface area contributed by atoms with E-state index < -0.39 is 11.7 Å². The number of hydrogen-bond donors (Lipinski definition) is 2. The van der Waals surface area contributed by atoms with Crippen LogP contribution in [0.2, 0.25) is 0 Å². The van der Waals surface area contributed by atoms with Gasteiger partial charge in [-0.05, 0) is 18.1 Å². The van der Waals surface area contributed by atoms with Crippen molar-refractivity contribution in [2.45, 2.75) is 0 Å². The smallest absolute Gasteiger partial charge is 0.293 e. The van der Waals surface area contributed by atoms with Crippen molar-refractivity contribution in [1.29, 1.82) is 0 Å². The SMILES string of the molecule is NC(=O)C#Cc1c(O)cccc1F. The predicted molar refractivity (Wildman–Crippen MR) is 44.1 cm³/mol. The van der Waals surface area contributed by atoms with E-state index in [-0.39, 0.29) is 11.3 Å². The van der Waals surface area contributed by atoms with Gasteiger partial charge >= 0.3 is 0 Å². The summed E-state index contributed by atoms with van der Waals surface area (Å²) in [6.45, 7) is 0. The highest BCUT2D eigenvalue weighted by atomic mass is 19.1. The van der Waals surface area contributed by atoms with Crippen LogP contribution in [0.1, 0.15) is 5.56 Å². The van der Waals surface area contributed by atoms with Crippen molar-refractivity contribution in [3.05, 3.63) is 29.6 Å².